The number of hydrogen-bond donors (Lipinski definition) is 2. The Kier molecular flexibility index (Phi) is 9.92. The molecule has 1 unspecified atom stereocenters. The van der Waals surface area contributed by atoms with E-state index in [0.29, 0.717) is 6.04 Å². The van der Waals surface area contributed by atoms with Crippen molar-refractivity contribution in [2.45, 2.75) is 46.1 Å². The van der Waals surface area contributed by atoms with Crippen molar-refractivity contribution < 1.29 is 4.74 Å². The van der Waals surface area contributed by atoms with Gasteiger partial charge in [0.2, 0.25) is 0 Å². The lowest BCUT2D eigenvalue weighted by Crippen LogP contribution is -2.42. The maximum absolute atomic E-state index is 5.00. The molecule has 102 valence electrons. The van der Waals surface area contributed by atoms with Gasteiger partial charge in [0.05, 0.1) is 0 Å². The highest BCUT2D eigenvalue weighted by atomic mass is 16.5. The molecule has 0 saturated carbocycles. The topological polar surface area (TPSA) is 45.7 Å². The SMILES string of the molecule is CN=C(NCCCOC)NC(C)CCC(C)C. The predicted molar refractivity (Wildman–Crippen MR) is 74.5 cm³/mol. The minimum absolute atomic E-state index is 0.464. The molecule has 0 aromatic heterocycles. The van der Waals surface area contributed by atoms with Crippen LogP contribution in [0.5, 0.6) is 0 Å². The molecular weight excluding hydrogens is 214 g/mol. The van der Waals surface area contributed by atoms with E-state index in [4.69, 9.17) is 4.74 Å². The number of rotatable bonds is 8. The summed E-state index contributed by atoms with van der Waals surface area (Å²) in [5.74, 6) is 1.65. The molecule has 0 aliphatic carbocycles. The minimum Gasteiger partial charge on any atom is -0.385 e. The van der Waals surface area contributed by atoms with E-state index in [0.717, 1.165) is 31.4 Å². The Balaban J connectivity index is 3.73. The molecule has 0 aliphatic heterocycles. The van der Waals surface area contributed by atoms with E-state index in [1.807, 2.05) is 0 Å². The number of hydrogen-bond acceptors (Lipinski definition) is 2. The van der Waals surface area contributed by atoms with Gasteiger partial charge in [-0.05, 0) is 32.1 Å². The van der Waals surface area contributed by atoms with Crippen molar-refractivity contribution in [3.63, 3.8) is 0 Å². The third-order valence-electron chi connectivity index (χ3n) is 2.60. The number of ether oxygens (including phenoxy) is 1. The largest absolute Gasteiger partial charge is 0.385 e. The Hall–Kier alpha value is -0.770. The molecular formula is C13H29N3O. The molecule has 0 rings (SSSR count). The maximum Gasteiger partial charge on any atom is 0.191 e. The molecule has 0 aromatic rings. The van der Waals surface area contributed by atoms with Crippen molar-refractivity contribution in [1.82, 2.24) is 10.6 Å². The highest BCUT2D eigenvalue weighted by molar-refractivity contribution is 5.79. The Bertz CT molecular complexity index is 205. The van der Waals surface area contributed by atoms with Crippen LogP contribution >= 0.6 is 0 Å². The van der Waals surface area contributed by atoms with Crippen LogP contribution in [-0.4, -0.2) is 39.3 Å². The van der Waals surface area contributed by atoms with Crippen LogP contribution in [0.15, 0.2) is 4.99 Å². The van der Waals surface area contributed by atoms with Gasteiger partial charge >= 0.3 is 0 Å². The van der Waals surface area contributed by atoms with Crippen molar-refractivity contribution in [2.24, 2.45) is 10.9 Å². The highest BCUT2D eigenvalue weighted by Crippen LogP contribution is 2.06. The minimum atomic E-state index is 0.464. The molecule has 0 amide bonds. The number of nitrogens with zero attached hydrogens (tertiary/aromatic N) is 1. The summed E-state index contributed by atoms with van der Waals surface area (Å²) in [5.41, 5.74) is 0. The fourth-order valence-electron chi connectivity index (χ4n) is 1.51. The zero-order chi connectivity index (χ0) is 13.1. The molecule has 0 radical (unpaired) electrons. The van der Waals surface area contributed by atoms with Crippen molar-refractivity contribution in [3.05, 3.63) is 0 Å². The first-order chi connectivity index (χ1) is 8.10. The summed E-state index contributed by atoms with van der Waals surface area (Å²) in [4.78, 5) is 4.21. The first-order valence-electron chi connectivity index (χ1n) is 6.56. The highest BCUT2D eigenvalue weighted by Gasteiger charge is 2.05. The van der Waals surface area contributed by atoms with Gasteiger partial charge in [-0.3, -0.25) is 4.99 Å². The zero-order valence-corrected chi connectivity index (χ0v) is 12.0. The zero-order valence-electron chi connectivity index (χ0n) is 12.0. The average Bonchev–Trinajstić information content (AvgIpc) is 2.30. The second kappa shape index (κ2) is 10.4. The number of methoxy groups -OCH3 is 1. The van der Waals surface area contributed by atoms with E-state index in [9.17, 15) is 0 Å². The van der Waals surface area contributed by atoms with E-state index >= 15 is 0 Å². The summed E-state index contributed by atoms with van der Waals surface area (Å²) < 4.78 is 5.00. The second-order valence-electron chi connectivity index (χ2n) is 4.86. The molecule has 4 heteroatoms. The van der Waals surface area contributed by atoms with Crippen LogP contribution in [0.1, 0.15) is 40.0 Å². The van der Waals surface area contributed by atoms with Gasteiger partial charge in [-0.2, -0.15) is 0 Å². The van der Waals surface area contributed by atoms with Crippen LogP contribution in [-0.2, 0) is 4.74 Å². The van der Waals surface area contributed by atoms with Crippen molar-refractivity contribution >= 4 is 5.96 Å². The van der Waals surface area contributed by atoms with Crippen LogP contribution < -0.4 is 10.6 Å². The van der Waals surface area contributed by atoms with Gasteiger partial charge in [0.1, 0.15) is 0 Å². The van der Waals surface area contributed by atoms with Gasteiger partial charge in [0.15, 0.2) is 5.96 Å². The Labute approximate surface area is 106 Å². The Morgan fingerprint density at radius 3 is 2.47 bits per heavy atom. The molecule has 17 heavy (non-hydrogen) atoms. The first kappa shape index (κ1) is 16.2. The van der Waals surface area contributed by atoms with E-state index in [1.165, 1.54) is 12.8 Å². The van der Waals surface area contributed by atoms with Crippen molar-refractivity contribution in [3.8, 4) is 0 Å². The normalized spacial score (nSPS) is 13.9. The third-order valence-corrected chi connectivity index (χ3v) is 2.60. The van der Waals surface area contributed by atoms with Crippen LogP contribution in [0.2, 0.25) is 0 Å². The van der Waals surface area contributed by atoms with Crippen LogP contribution in [0.4, 0.5) is 0 Å². The fraction of sp³-hybridized carbons (Fsp3) is 0.923. The van der Waals surface area contributed by atoms with E-state index in [-0.39, 0.29) is 0 Å². The van der Waals surface area contributed by atoms with Gasteiger partial charge in [0, 0.05) is 33.4 Å². The molecule has 2 N–H and O–H groups in total. The molecule has 0 bridgehead atoms. The summed E-state index contributed by atoms with van der Waals surface area (Å²) in [6.45, 7) is 8.39. The summed E-state index contributed by atoms with van der Waals surface area (Å²) in [5, 5.41) is 6.68. The maximum atomic E-state index is 5.00. The predicted octanol–water partition coefficient (Wildman–Crippen LogP) is 2.01. The van der Waals surface area contributed by atoms with E-state index in [1.54, 1.807) is 14.2 Å². The van der Waals surface area contributed by atoms with Crippen LogP contribution in [0.25, 0.3) is 0 Å². The lowest BCUT2D eigenvalue weighted by molar-refractivity contribution is 0.195. The number of aliphatic imine (C=N–C) groups is 1. The first-order valence-corrected chi connectivity index (χ1v) is 6.56. The van der Waals surface area contributed by atoms with Gasteiger partial charge in [-0.15, -0.1) is 0 Å². The third kappa shape index (κ3) is 10.1. The second-order valence-corrected chi connectivity index (χ2v) is 4.86. The number of nitrogens with one attached hydrogen (secondary N) is 2. The standard InChI is InChI=1S/C13H29N3O/c1-11(2)7-8-12(3)16-13(14-4)15-9-6-10-17-5/h11-12H,6-10H2,1-5H3,(H2,14,15,16). The van der Waals surface area contributed by atoms with Crippen molar-refractivity contribution in [1.29, 1.82) is 0 Å². The molecule has 0 saturated heterocycles. The fourth-order valence-corrected chi connectivity index (χ4v) is 1.51. The Morgan fingerprint density at radius 1 is 1.24 bits per heavy atom. The monoisotopic (exact) mass is 243 g/mol. The smallest absolute Gasteiger partial charge is 0.191 e. The van der Waals surface area contributed by atoms with E-state index in [2.05, 4.69) is 36.4 Å². The van der Waals surface area contributed by atoms with Crippen LogP contribution in [0, 0.1) is 5.92 Å². The molecule has 0 spiro atoms. The van der Waals surface area contributed by atoms with Crippen LogP contribution in [0.3, 0.4) is 0 Å². The summed E-state index contributed by atoms with van der Waals surface area (Å²) in [7, 11) is 3.53. The molecule has 0 fully saturated rings. The van der Waals surface area contributed by atoms with E-state index < -0.39 is 0 Å². The summed E-state index contributed by atoms with van der Waals surface area (Å²) in [6, 6.07) is 0.464. The van der Waals surface area contributed by atoms with Gasteiger partial charge in [0.25, 0.3) is 0 Å². The molecule has 4 nitrogen and oxygen atoms in total. The molecule has 0 aliphatic rings. The van der Waals surface area contributed by atoms with Gasteiger partial charge in [-0.25, -0.2) is 0 Å². The summed E-state index contributed by atoms with van der Waals surface area (Å²) in [6.07, 6.45) is 3.42. The molecule has 1 atom stereocenters. The van der Waals surface area contributed by atoms with Gasteiger partial charge < -0.3 is 15.4 Å². The Morgan fingerprint density at radius 2 is 1.94 bits per heavy atom. The van der Waals surface area contributed by atoms with Crippen molar-refractivity contribution in [2.75, 3.05) is 27.3 Å². The lowest BCUT2D eigenvalue weighted by Gasteiger charge is -2.18. The molecule has 0 heterocycles. The average molecular weight is 243 g/mol. The summed E-state index contributed by atoms with van der Waals surface area (Å²) >= 11 is 0. The lowest BCUT2D eigenvalue weighted by atomic mass is 10.0. The quantitative estimate of drug-likeness (QED) is 0.389. The molecule has 0 aromatic carbocycles. The number of guanidine groups is 1. The van der Waals surface area contributed by atoms with Gasteiger partial charge in [-0.1, -0.05) is 13.8 Å².